The number of thiazole rings is 1. The predicted octanol–water partition coefficient (Wildman–Crippen LogP) is 3.06. The average Bonchev–Trinajstić information content (AvgIpc) is 2.98. The lowest BCUT2D eigenvalue weighted by Crippen LogP contribution is -2.23. The first-order chi connectivity index (χ1) is 13.7. The predicted molar refractivity (Wildman–Crippen MR) is 111 cm³/mol. The number of sulfone groups is 1. The second kappa shape index (κ2) is 8.48. The van der Waals surface area contributed by atoms with Crippen LogP contribution in [0, 0.1) is 0 Å². The van der Waals surface area contributed by atoms with Crippen molar-refractivity contribution in [3.8, 4) is 0 Å². The topological polar surface area (TPSA) is 94.8 Å². The molecule has 152 valence electrons. The molecule has 1 amide bonds. The van der Waals surface area contributed by atoms with Crippen molar-refractivity contribution in [3.63, 3.8) is 0 Å². The smallest absolute Gasteiger partial charge is 0.326 e. The Hall–Kier alpha value is -2.49. The van der Waals surface area contributed by atoms with Gasteiger partial charge in [-0.2, -0.15) is 4.99 Å². The van der Waals surface area contributed by atoms with Gasteiger partial charge in [0.05, 0.1) is 32.3 Å². The van der Waals surface area contributed by atoms with Crippen LogP contribution in [0.15, 0.2) is 52.4 Å². The number of hydrogen-bond donors (Lipinski definition) is 0. The van der Waals surface area contributed by atoms with Crippen molar-refractivity contribution < 1.29 is 22.7 Å². The molecule has 7 nitrogen and oxygen atoms in total. The minimum atomic E-state index is -3.41. The summed E-state index contributed by atoms with van der Waals surface area (Å²) in [5, 5.41) is 0.263. The van der Waals surface area contributed by atoms with Gasteiger partial charge >= 0.3 is 5.97 Å². The van der Waals surface area contributed by atoms with Gasteiger partial charge in [0, 0.05) is 6.26 Å². The summed E-state index contributed by atoms with van der Waals surface area (Å²) in [6.07, 6.45) is 1.11. The quantitative estimate of drug-likeness (QED) is 0.554. The molecule has 3 aromatic rings. The molecule has 0 spiro atoms. The molecule has 3 rings (SSSR count). The van der Waals surface area contributed by atoms with Crippen molar-refractivity contribution in [2.75, 3.05) is 12.9 Å². The molecule has 0 saturated carbocycles. The van der Waals surface area contributed by atoms with Crippen molar-refractivity contribution >= 4 is 54.9 Å². The number of amides is 1. The van der Waals surface area contributed by atoms with Crippen molar-refractivity contribution in [1.29, 1.82) is 0 Å². The van der Waals surface area contributed by atoms with Crippen LogP contribution in [0.5, 0.6) is 0 Å². The number of nitrogens with zero attached hydrogens (tertiary/aromatic N) is 2. The molecule has 0 N–H and O–H groups in total. The largest absolute Gasteiger partial charge is 0.465 e. The number of carbonyl (C=O) groups is 2. The maximum atomic E-state index is 12.6. The molecular weight excluding hydrogens is 436 g/mol. The Bertz CT molecular complexity index is 1280. The number of halogens is 1. The van der Waals surface area contributed by atoms with Gasteiger partial charge in [0.1, 0.15) is 6.54 Å². The minimum Gasteiger partial charge on any atom is -0.465 e. The normalized spacial score (nSPS) is 12.3. The van der Waals surface area contributed by atoms with Gasteiger partial charge in [-0.25, -0.2) is 8.42 Å². The second-order valence-electron chi connectivity index (χ2n) is 6.07. The molecule has 1 heterocycles. The third kappa shape index (κ3) is 4.75. The Morgan fingerprint density at radius 3 is 2.59 bits per heavy atom. The third-order valence-corrected chi connectivity index (χ3v) is 6.46. The van der Waals surface area contributed by atoms with Crippen LogP contribution in [-0.4, -0.2) is 37.7 Å². The van der Waals surface area contributed by atoms with Crippen molar-refractivity contribution in [2.45, 2.75) is 18.4 Å². The summed E-state index contributed by atoms with van der Waals surface area (Å²) < 4.78 is 30.8. The van der Waals surface area contributed by atoms with E-state index in [1.807, 2.05) is 0 Å². The number of fused-ring (bicyclic) bond motifs is 1. The highest BCUT2D eigenvalue weighted by Gasteiger charge is 2.16. The molecule has 10 heteroatoms. The van der Waals surface area contributed by atoms with Crippen LogP contribution >= 0.6 is 22.9 Å². The van der Waals surface area contributed by atoms with E-state index in [0.29, 0.717) is 10.2 Å². The van der Waals surface area contributed by atoms with Gasteiger partial charge in [-0.3, -0.25) is 9.59 Å². The third-order valence-electron chi connectivity index (χ3n) is 3.98. The second-order valence-corrected chi connectivity index (χ2v) is 9.51. The van der Waals surface area contributed by atoms with E-state index >= 15 is 0 Å². The molecule has 29 heavy (non-hydrogen) atoms. The monoisotopic (exact) mass is 452 g/mol. The van der Waals surface area contributed by atoms with Gasteiger partial charge in [0.2, 0.25) is 0 Å². The van der Waals surface area contributed by atoms with Gasteiger partial charge in [0.15, 0.2) is 14.6 Å². The summed E-state index contributed by atoms with van der Waals surface area (Å²) in [5.74, 6) is -1.06. The summed E-state index contributed by atoms with van der Waals surface area (Å²) in [6.45, 7) is 1.74. The van der Waals surface area contributed by atoms with E-state index in [2.05, 4.69) is 4.99 Å². The molecule has 0 aliphatic heterocycles. The molecule has 0 bridgehead atoms. The van der Waals surface area contributed by atoms with Crippen LogP contribution in [0.4, 0.5) is 0 Å². The standard InChI is InChI=1S/C19H17ClN2O5S2/c1-3-27-17(23)11-22-15-9-8-12(29(2,25)26)10-16(15)28-19(22)21-18(24)13-6-4-5-7-14(13)20/h4-10H,3,11H2,1-2H3. The number of aromatic nitrogens is 1. The zero-order valence-corrected chi connectivity index (χ0v) is 18.0. The SMILES string of the molecule is CCOC(=O)Cn1c(=NC(=O)c2ccccc2Cl)sc2cc(S(C)(=O)=O)ccc21. The van der Waals surface area contributed by atoms with Crippen LogP contribution in [0.1, 0.15) is 17.3 Å². The van der Waals surface area contributed by atoms with E-state index in [4.69, 9.17) is 16.3 Å². The number of esters is 1. The van der Waals surface area contributed by atoms with E-state index in [-0.39, 0.29) is 33.4 Å². The molecule has 0 saturated heterocycles. The van der Waals surface area contributed by atoms with Crippen LogP contribution in [0.25, 0.3) is 10.2 Å². The molecule has 0 radical (unpaired) electrons. The van der Waals surface area contributed by atoms with Crippen LogP contribution in [0.2, 0.25) is 5.02 Å². The highest BCUT2D eigenvalue weighted by Crippen LogP contribution is 2.22. The Morgan fingerprint density at radius 1 is 1.21 bits per heavy atom. The first-order valence-corrected chi connectivity index (χ1v) is 11.6. The van der Waals surface area contributed by atoms with E-state index in [0.717, 1.165) is 17.6 Å². The molecule has 0 aliphatic rings. The maximum Gasteiger partial charge on any atom is 0.326 e. The highest BCUT2D eigenvalue weighted by atomic mass is 35.5. The van der Waals surface area contributed by atoms with Gasteiger partial charge in [-0.05, 0) is 37.3 Å². The van der Waals surface area contributed by atoms with E-state index in [9.17, 15) is 18.0 Å². The van der Waals surface area contributed by atoms with Crippen LogP contribution in [-0.2, 0) is 25.9 Å². The average molecular weight is 453 g/mol. The number of carbonyl (C=O) groups excluding carboxylic acids is 2. The van der Waals surface area contributed by atoms with E-state index in [1.165, 1.54) is 16.7 Å². The van der Waals surface area contributed by atoms with Crippen molar-refractivity contribution in [1.82, 2.24) is 4.57 Å². The fourth-order valence-electron chi connectivity index (χ4n) is 2.64. The Balaban J connectivity index is 2.19. The summed E-state index contributed by atoms with van der Waals surface area (Å²) in [5.41, 5.74) is 0.798. The minimum absolute atomic E-state index is 0.138. The lowest BCUT2D eigenvalue weighted by molar-refractivity contribution is -0.143. The van der Waals surface area contributed by atoms with Gasteiger partial charge in [-0.15, -0.1) is 0 Å². The van der Waals surface area contributed by atoms with E-state index < -0.39 is 21.7 Å². The number of hydrogen-bond acceptors (Lipinski definition) is 6. The van der Waals surface area contributed by atoms with Crippen molar-refractivity contribution in [2.24, 2.45) is 4.99 Å². The number of benzene rings is 2. The molecule has 1 aromatic heterocycles. The first-order valence-electron chi connectivity index (χ1n) is 8.53. The highest BCUT2D eigenvalue weighted by molar-refractivity contribution is 7.90. The number of rotatable bonds is 5. The van der Waals surface area contributed by atoms with Crippen LogP contribution < -0.4 is 4.80 Å². The molecule has 2 aromatic carbocycles. The van der Waals surface area contributed by atoms with Gasteiger partial charge < -0.3 is 9.30 Å². The Labute approximate surface area is 176 Å². The molecular formula is C19H17ClN2O5S2. The summed E-state index contributed by atoms with van der Waals surface area (Å²) in [7, 11) is -3.41. The Morgan fingerprint density at radius 2 is 1.93 bits per heavy atom. The molecule has 0 unspecified atom stereocenters. The Kier molecular flexibility index (Phi) is 6.21. The lowest BCUT2D eigenvalue weighted by Gasteiger charge is -2.05. The summed E-state index contributed by atoms with van der Waals surface area (Å²) in [4.78, 5) is 29.2. The summed E-state index contributed by atoms with van der Waals surface area (Å²) in [6, 6.07) is 11.0. The molecule has 0 aliphatic carbocycles. The fraction of sp³-hybridized carbons (Fsp3) is 0.211. The first kappa shape index (κ1) is 21.2. The lowest BCUT2D eigenvalue weighted by atomic mass is 10.2. The fourth-order valence-corrected chi connectivity index (χ4v) is 4.65. The zero-order valence-electron chi connectivity index (χ0n) is 15.6. The number of ether oxygens (including phenoxy) is 1. The van der Waals surface area contributed by atoms with Gasteiger partial charge in [0.25, 0.3) is 5.91 Å². The molecule has 0 atom stereocenters. The molecule has 0 fully saturated rings. The zero-order chi connectivity index (χ0) is 21.2. The van der Waals surface area contributed by atoms with E-state index in [1.54, 1.807) is 37.3 Å². The van der Waals surface area contributed by atoms with Crippen molar-refractivity contribution in [3.05, 3.63) is 57.9 Å². The maximum absolute atomic E-state index is 12.6. The van der Waals surface area contributed by atoms with Crippen LogP contribution in [0.3, 0.4) is 0 Å². The van der Waals surface area contributed by atoms with Gasteiger partial charge in [-0.1, -0.05) is 35.1 Å². The summed E-state index contributed by atoms with van der Waals surface area (Å²) >= 11 is 7.18.